The van der Waals surface area contributed by atoms with Crippen LogP contribution in [-0.4, -0.2) is 29.8 Å². The molecule has 1 rings (SSSR count). The smallest absolute Gasteiger partial charge is 0.338 e. The number of carboxylic acids is 1. The second-order valence-corrected chi connectivity index (χ2v) is 4.23. The molecule has 92 valence electrons. The molecule has 0 aliphatic heterocycles. The summed E-state index contributed by atoms with van der Waals surface area (Å²) in [5.74, 6) is -0.495. The molecular formula is C10H18N2O4. The van der Waals surface area contributed by atoms with Gasteiger partial charge in [0.25, 0.3) is 0 Å². The molecule has 2 unspecified atom stereocenters. The number of hydrogen-bond donors (Lipinski definition) is 3. The highest BCUT2D eigenvalue weighted by Crippen LogP contribution is 2.23. The predicted octanol–water partition coefficient (Wildman–Crippen LogP) is 0.880. The van der Waals surface area contributed by atoms with Crippen molar-refractivity contribution in [3.05, 3.63) is 0 Å². The van der Waals surface area contributed by atoms with Gasteiger partial charge in [0.15, 0.2) is 6.61 Å². The van der Waals surface area contributed by atoms with Crippen molar-refractivity contribution in [2.24, 2.45) is 5.92 Å². The maximum Gasteiger partial charge on any atom is 0.338 e. The quantitative estimate of drug-likeness (QED) is 0.625. The Balaban J connectivity index is 2.15. The lowest BCUT2D eigenvalue weighted by Crippen LogP contribution is -2.44. The lowest BCUT2D eigenvalue weighted by molar-refractivity contribution is -0.144. The SMILES string of the molecule is CC1CCCC(NC(=O)NOCC(=O)O)C1. The van der Waals surface area contributed by atoms with Gasteiger partial charge in [-0.25, -0.2) is 15.1 Å². The maximum absolute atomic E-state index is 11.3. The first-order valence-corrected chi connectivity index (χ1v) is 5.48. The van der Waals surface area contributed by atoms with Crippen molar-refractivity contribution in [3.8, 4) is 0 Å². The van der Waals surface area contributed by atoms with Crippen LogP contribution in [0.3, 0.4) is 0 Å². The van der Waals surface area contributed by atoms with Crippen LogP contribution in [-0.2, 0) is 9.63 Å². The van der Waals surface area contributed by atoms with Gasteiger partial charge >= 0.3 is 12.0 Å². The van der Waals surface area contributed by atoms with Crippen LogP contribution in [0.4, 0.5) is 4.79 Å². The molecule has 0 heterocycles. The van der Waals surface area contributed by atoms with E-state index in [0.29, 0.717) is 5.92 Å². The fourth-order valence-electron chi connectivity index (χ4n) is 1.94. The molecule has 0 aromatic heterocycles. The summed E-state index contributed by atoms with van der Waals surface area (Å²) < 4.78 is 0. The molecule has 6 nitrogen and oxygen atoms in total. The second-order valence-electron chi connectivity index (χ2n) is 4.23. The summed E-state index contributed by atoms with van der Waals surface area (Å²) in [6.45, 7) is 1.63. The van der Waals surface area contributed by atoms with Crippen molar-refractivity contribution in [2.75, 3.05) is 6.61 Å². The van der Waals surface area contributed by atoms with Crippen molar-refractivity contribution >= 4 is 12.0 Å². The Bertz CT molecular complexity index is 257. The number of hydroxylamine groups is 1. The largest absolute Gasteiger partial charge is 0.479 e. The van der Waals surface area contributed by atoms with E-state index in [2.05, 4.69) is 17.1 Å². The van der Waals surface area contributed by atoms with Crippen molar-refractivity contribution in [1.82, 2.24) is 10.8 Å². The Morgan fingerprint density at radius 3 is 2.81 bits per heavy atom. The Kier molecular flexibility index (Phi) is 5.04. The summed E-state index contributed by atoms with van der Waals surface area (Å²) in [4.78, 5) is 25.8. The van der Waals surface area contributed by atoms with Crippen molar-refractivity contribution in [1.29, 1.82) is 0 Å². The van der Waals surface area contributed by atoms with E-state index in [1.54, 1.807) is 0 Å². The van der Waals surface area contributed by atoms with Gasteiger partial charge in [-0.15, -0.1) is 0 Å². The molecule has 16 heavy (non-hydrogen) atoms. The zero-order valence-corrected chi connectivity index (χ0v) is 9.36. The third-order valence-electron chi connectivity index (χ3n) is 2.63. The number of carbonyl (C=O) groups excluding carboxylic acids is 1. The highest BCUT2D eigenvalue weighted by molar-refractivity contribution is 5.73. The van der Waals surface area contributed by atoms with Gasteiger partial charge < -0.3 is 10.4 Å². The first-order valence-electron chi connectivity index (χ1n) is 5.48. The topological polar surface area (TPSA) is 87.7 Å². The van der Waals surface area contributed by atoms with Crippen LogP contribution in [0, 0.1) is 5.92 Å². The van der Waals surface area contributed by atoms with Crippen LogP contribution in [0.15, 0.2) is 0 Å². The Labute approximate surface area is 94.3 Å². The van der Waals surface area contributed by atoms with E-state index < -0.39 is 18.6 Å². The third-order valence-corrected chi connectivity index (χ3v) is 2.63. The van der Waals surface area contributed by atoms with Crippen LogP contribution in [0.25, 0.3) is 0 Å². The fraction of sp³-hybridized carbons (Fsp3) is 0.800. The molecule has 0 aromatic carbocycles. The zero-order chi connectivity index (χ0) is 12.0. The van der Waals surface area contributed by atoms with E-state index in [9.17, 15) is 9.59 Å². The molecule has 3 N–H and O–H groups in total. The van der Waals surface area contributed by atoms with Gasteiger partial charge in [-0.2, -0.15) is 0 Å². The molecule has 0 saturated heterocycles. The van der Waals surface area contributed by atoms with Crippen LogP contribution in [0.2, 0.25) is 0 Å². The minimum atomic E-state index is -1.12. The van der Waals surface area contributed by atoms with E-state index in [1.165, 1.54) is 6.42 Å². The van der Waals surface area contributed by atoms with Gasteiger partial charge in [-0.05, 0) is 18.8 Å². The van der Waals surface area contributed by atoms with E-state index in [-0.39, 0.29) is 6.04 Å². The first kappa shape index (κ1) is 12.8. The normalized spacial score (nSPS) is 24.8. The van der Waals surface area contributed by atoms with Crippen LogP contribution >= 0.6 is 0 Å². The summed E-state index contributed by atoms with van der Waals surface area (Å²) in [6.07, 6.45) is 4.25. The second kappa shape index (κ2) is 6.32. The number of hydrogen-bond acceptors (Lipinski definition) is 3. The van der Waals surface area contributed by atoms with Gasteiger partial charge in [-0.1, -0.05) is 19.8 Å². The number of amides is 2. The molecule has 6 heteroatoms. The van der Waals surface area contributed by atoms with Gasteiger partial charge in [0, 0.05) is 6.04 Å². The summed E-state index contributed by atoms with van der Waals surface area (Å²) >= 11 is 0. The summed E-state index contributed by atoms with van der Waals surface area (Å²) in [5.41, 5.74) is 2.05. The average molecular weight is 230 g/mol. The number of carboxylic acid groups (broad SMARTS) is 1. The van der Waals surface area contributed by atoms with Gasteiger partial charge in [0.1, 0.15) is 0 Å². The number of aliphatic carboxylic acids is 1. The molecule has 1 aliphatic rings. The lowest BCUT2D eigenvalue weighted by atomic mass is 9.87. The Morgan fingerprint density at radius 1 is 1.44 bits per heavy atom. The van der Waals surface area contributed by atoms with E-state index in [1.807, 2.05) is 5.48 Å². The molecule has 0 spiro atoms. The standard InChI is InChI=1S/C10H18N2O4/c1-7-3-2-4-8(5-7)11-10(15)12-16-6-9(13)14/h7-8H,2-6H2,1H3,(H,13,14)(H2,11,12,15). The zero-order valence-electron chi connectivity index (χ0n) is 9.36. The predicted molar refractivity (Wildman–Crippen MR) is 56.7 cm³/mol. The molecule has 2 atom stereocenters. The van der Waals surface area contributed by atoms with Gasteiger partial charge in [0.2, 0.25) is 0 Å². The van der Waals surface area contributed by atoms with E-state index >= 15 is 0 Å². The Hall–Kier alpha value is -1.30. The number of rotatable bonds is 4. The van der Waals surface area contributed by atoms with Crippen LogP contribution in [0.5, 0.6) is 0 Å². The molecular weight excluding hydrogens is 212 g/mol. The number of urea groups is 1. The monoisotopic (exact) mass is 230 g/mol. The summed E-state index contributed by atoms with van der Waals surface area (Å²) in [5, 5.41) is 11.0. The van der Waals surface area contributed by atoms with Gasteiger partial charge in [-0.3, -0.25) is 4.84 Å². The molecule has 2 amide bonds. The fourth-order valence-corrected chi connectivity index (χ4v) is 1.94. The van der Waals surface area contributed by atoms with E-state index in [0.717, 1.165) is 19.3 Å². The van der Waals surface area contributed by atoms with Crippen LogP contribution < -0.4 is 10.8 Å². The minimum Gasteiger partial charge on any atom is -0.479 e. The molecule has 0 bridgehead atoms. The molecule has 1 aliphatic carbocycles. The average Bonchev–Trinajstić information content (AvgIpc) is 2.16. The Morgan fingerprint density at radius 2 is 2.19 bits per heavy atom. The van der Waals surface area contributed by atoms with E-state index in [4.69, 9.17) is 5.11 Å². The highest BCUT2D eigenvalue weighted by Gasteiger charge is 2.20. The maximum atomic E-state index is 11.3. The minimum absolute atomic E-state index is 0.164. The van der Waals surface area contributed by atoms with Crippen molar-refractivity contribution in [2.45, 2.75) is 38.6 Å². The third kappa shape index (κ3) is 4.97. The molecule has 1 fully saturated rings. The highest BCUT2D eigenvalue weighted by atomic mass is 16.7. The number of carbonyl (C=O) groups is 2. The molecule has 0 radical (unpaired) electrons. The van der Waals surface area contributed by atoms with Crippen molar-refractivity contribution in [3.63, 3.8) is 0 Å². The van der Waals surface area contributed by atoms with Crippen LogP contribution in [0.1, 0.15) is 32.6 Å². The molecule has 1 saturated carbocycles. The summed E-state index contributed by atoms with van der Waals surface area (Å²) in [7, 11) is 0. The number of nitrogens with one attached hydrogen (secondary N) is 2. The lowest BCUT2D eigenvalue weighted by Gasteiger charge is -2.27. The van der Waals surface area contributed by atoms with Gasteiger partial charge in [0.05, 0.1) is 0 Å². The molecule has 0 aromatic rings. The first-order chi connectivity index (χ1) is 7.58. The summed E-state index contributed by atoms with van der Waals surface area (Å²) in [6, 6.07) is -0.308. The van der Waals surface area contributed by atoms with Crippen molar-refractivity contribution < 1.29 is 19.5 Å².